The Hall–Kier alpha value is -2.08. The predicted octanol–water partition coefficient (Wildman–Crippen LogP) is 0.298. The average molecular weight is 246 g/mol. The molecule has 0 spiro atoms. The van der Waals surface area contributed by atoms with Gasteiger partial charge in [0.05, 0.1) is 11.7 Å². The van der Waals surface area contributed by atoms with Gasteiger partial charge in [-0.05, 0) is 24.6 Å². The second kappa shape index (κ2) is 3.99. The lowest BCUT2D eigenvalue weighted by Crippen LogP contribution is -2.21. The molecule has 18 heavy (non-hydrogen) atoms. The zero-order valence-corrected chi connectivity index (χ0v) is 9.59. The lowest BCUT2D eigenvalue weighted by molar-refractivity contribution is 0.100. The molecule has 0 saturated carbocycles. The number of carbonyl (C=O) groups excluding carboxylic acids is 1. The number of oxazole rings is 1. The Bertz CT molecular complexity index is 608. The summed E-state index contributed by atoms with van der Waals surface area (Å²) in [5.74, 6) is -0.582. The number of hydrogen-bond donors (Lipinski definition) is 2. The summed E-state index contributed by atoms with van der Waals surface area (Å²) in [6.07, 6.45) is 0.329. The minimum atomic E-state index is -0.582. The van der Waals surface area contributed by atoms with Gasteiger partial charge in [0, 0.05) is 13.1 Å². The van der Waals surface area contributed by atoms with Gasteiger partial charge in [-0.15, -0.1) is 0 Å². The first-order valence-electron chi connectivity index (χ1n) is 5.69. The number of aromatic nitrogens is 1. The van der Waals surface area contributed by atoms with E-state index in [1.807, 2.05) is 4.90 Å². The van der Waals surface area contributed by atoms with Crippen LogP contribution in [-0.2, 0) is 0 Å². The number of anilines is 1. The molecule has 1 radical (unpaired) electrons. The number of aliphatic hydroxyl groups is 1. The summed E-state index contributed by atoms with van der Waals surface area (Å²) in [7, 11) is 0. The fraction of sp³-hybridized carbons (Fsp3) is 0.333. The summed E-state index contributed by atoms with van der Waals surface area (Å²) in [6.45, 7) is 1.17. The van der Waals surface area contributed by atoms with Crippen molar-refractivity contribution < 1.29 is 14.3 Å². The Morgan fingerprint density at radius 1 is 1.67 bits per heavy atom. The third-order valence-electron chi connectivity index (χ3n) is 3.02. The summed E-state index contributed by atoms with van der Waals surface area (Å²) in [5, 5.41) is 9.49. The third-order valence-corrected chi connectivity index (χ3v) is 3.02. The number of fused-ring (bicyclic) bond motifs is 1. The highest BCUT2D eigenvalue weighted by Crippen LogP contribution is 2.26. The number of hydrogen-bond acceptors (Lipinski definition) is 5. The van der Waals surface area contributed by atoms with Crippen molar-refractivity contribution in [3.63, 3.8) is 0 Å². The van der Waals surface area contributed by atoms with Crippen molar-refractivity contribution in [2.45, 2.75) is 12.5 Å². The SMILES string of the molecule is NC(=O)c1[c]ccc2oc(N3CC[C@H](O)C3)nc12. The molecular formula is C12H12N3O3. The molecule has 0 unspecified atom stereocenters. The van der Waals surface area contributed by atoms with Crippen LogP contribution in [0.1, 0.15) is 16.8 Å². The summed E-state index contributed by atoms with van der Waals surface area (Å²) >= 11 is 0. The van der Waals surface area contributed by atoms with Crippen LogP contribution in [-0.4, -0.2) is 35.2 Å². The summed E-state index contributed by atoms with van der Waals surface area (Å²) in [4.78, 5) is 17.4. The largest absolute Gasteiger partial charge is 0.423 e. The van der Waals surface area contributed by atoms with Crippen LogP contribution in [0.2, 0.25) is 0 Å². The van der Waals surface area contributed by atoms with Crippen LogP contribution >= 0.6 is 0 Å². The predicted molar refractivity (Wildman–Crippen MR) is 64.2 cm³/mol. The highest BCUT2D eigenvalue weighted by molar-refractivity contribution is 6.03. The fourth-order valence-electron chi connectivity index (χ4n) is 2.12. The number of primary amides is 1. The molecule has 1 atom stereocenters. The van der Waals surface area contributed by atoms with Crippen molar-refractivity contribution in [1.29, 1.82) is 0 Å². The molecule has 0 aliphatic carbocycles. The Morgan fingerprint density at radius 2 is 2.50 bits per heavy atom. The van der Waals surface area contributed by atoms with Gasteiger partial charge in [-0.1, -0.05) is 0 Å². The first kappa shape index (κ1) is 11.0. The zero-order valence-electron chi connectivity index (χ0n) is 9.59. The van der Waals surface area contributed by atoms with Crippen molar-refractivity contribution in [2.24, 2.45) is 5.73 Å². The molecule has 6 heteroatoms. The number of rotatable bonds is 2. The van der Waals surface area contributed by atoms with E-state index in [0.29, 0.717) is 36.6 Å². The topological polar surface area (TPSA) is 92.6 Å². The molecule has 1 aliphatic heterocycles. The number of amides is 1. The van der Waals surface area contributed by atoms with Crippen LogP contribution in [0, 0.1) is 6.07 Å². The summed E-state index contributed by atoms with van der Waals surface area (Å²) in [6, 6.07) is 6.43. The van der Waals surface area contributed by atoms with Crippen molar-refractivity contribution in [1.82, 2.24) is 4.98 Å². The first-order valence-corrected chi connectivity index (χ1v) is 5.69. The van der Waals surface area contributed by atoms with Gasteiger partial charge in [-0.3, -0.25) is 4.79 Å². The van der Waals surface area contributed by atoms with E-state index < -0.39 is 5.91 Å². The van der Waals surface area contributed by atoms with Gasteiger partial charge in [0.25, 0.3) is 11.9 Å². The van der Waals surface area contributed by atoms with Crippen LogP contribution < -0.4 is 10.6 Å². The van der Waals surface area contributed by atoms with Crippen LogP contribution in [0.15, 0.2) is 16.5 Å². The van der Waals surface area contributed by atoms with Gasteiger partial charge >= 0.3 is 0 Å². The maximum atomic E-state index is 11.3. The van der Waals surface area contributed by atoms with E-state index in [9.17, 15) is 9.90 Å². The lowest BCUT2D eigenvalue weighted by atomic mass is 10.2. The number of β-amino-alcohol motifs (C(OH)–C–C–N with tert-alkyl or cyclic N) is 1. The quantitative estimate of drug-likeness (QED) is 0.794. The number of aliphatic hydroxyl groups excluding tert-OH is 1. The maximum Gasteiger partial charge on any atom is 0.298 e. The minimum Gasteiger partial charge on any atom is -0.423 e. The maximum absolute atomic E-state index is 11.3. The van der Waals surface area contributed by atoms with E-state index in [1.54, 1.807) is 12.1 Å². The average Bonchev–Trinajstić information content (AvgIpc) is 2.93. The van der Waals surface area contributed by atoms with Gasteiger partial charge in [0.2, 0.25) is 0 Å². The van der Waals surface area contributed by atoms with Crippen LogP contribution in [0.5, 0.6) is 0 Å². The third kappa shape index (κ3) is 1.70. The lowest BCUT2D eigenvalue weighted by Gasteiger charge is -2.10. The van der Waals surface area contributed by atoms with E-state index in [1.165, 1.54) is 0 Å². The molecule has 1 aromatic carbocycles. The van der Waals surface area contributed by atoms with E-state index in [-0.39, 0.29) is 11.7 Å². The Morgan fingerprint density at radius 3 is 3.17 bits per heavy atom. The highest BCUT2D eigenvalue weighted by atomic mass is 16.4. The van der Waals surface area contributed by atoms with Gasteiger partial charge in [-0.25, -0.2) is 0 Å². The Kier molecular flexibility index (Phi) is 2.45. The second-order valence-electron chi connectivity index (χ2n) is 4.31. The smallest absolute Gasteiger partial charge is 0.298 e. The summed E-state index contributed by atoms with van der Waals surface area (Å²) < 4.78 is 5.57. The van der Waals surface area contributed by atoms with Crippen LogP contribution in [0.3, 0.4) is 0 Å². The van der Waals surface area contributed by atoms with Gasteiger partial charge < -0.3 is 20.2 Å². The van der Waals surface area contributed by atoms with Crippen LogP contribution in [0.25, 0.3) is 11.1 Å². The van der Waals surface area contributed by atoms with Crippen molar-refractivity contribution in [3.05, 3.63) is 23.8 Å². The number of benzene rings is 1. The minimum absolute atomic E-state index is 0.224. The Balaban J connectivity index is 2.05. The molecule has 93 valence electrons. The molecule has 6 nitrogen and oxygen atoms in total. The van der Waals surface area contributed by atoms with Gasteiger partial charge in [0.1, 0.15) is 5.52 Å². The van der Waals surface area contributed by atoms with E-state index in [2.05, 4.69) is 11.1 Å². The molecule has 1 fully saturated rings. The van der Waals surface area contributed by atoms with Gasteiger partial charge in [0.15, 0.2) is 5.58 Å². The molecule has 3 N–H and O–H groups in total. The van der Waals surface area contributed by atoms with E-state index in [4.69, 9.17) is 10.2 Å². The van der Waals surface area contributed by atoms with E-state index in [0.717, 1.165) is 0 Å². The molecule has 1 saturated heterocycles. The first-order chi connectivity index (χ1) is 8.65. The second-order valence-corrected chi connectivity index (χ2v) is 4.31. The number of nitrogens with zero attached hydrogens (tertiary/aromatic N) is 2. The number of nitrogens with two attached hydrogens (primary N) is 1. The molecule has 1 amide bonds. The summed E-state index contributed by atoms with van der Waals surface area (Å²) in [5.41, 5.74) is 6.40. The normalized spacial score (nSPS) is 19.6. The van der Waals surface area contributed by atoms with Crippen molar-refractivity contribution in [3.8, 4) is 0 Å². The van der Waals surface area contributed by atoms with Crippen molar-refractivity contribution >= 4 is 23.0 Å². The van der Waals surface area contributed by atoms with Crippen molar-refractivity contribution in [2.75, 3.05) is 18.0 Å². The van der Waals surface area contributed by atoms with Gasteiger partial charge in [-0.2, -0.15) is 4.98 Å². The zero-order chi connectivity index (χ0) is 12.7. The molecule has 3 rings (SSSR count). The molecule has 2 aromatic rings. The molecule has 2 heterocycles. The van der Waals surface area contributed by atoms with E-state index >= 15 is 0 Å². The standard InChI is InChI=1S/C12H12N3O3/c13-11(17)8-2-1-3-9-10(8)14-12(18-9)15-5-4-7(16)6-15/h1,3,7,16H,4-6H2,(H2,13,17)/t7-/m0/s1. The monoisotopic (exact) mass is 246 g/mol. The fourth-order valence-corrected chi connectivity index (χ4v) is 2.12. The Labute approximate surface area is 103 Å². The molecule has 0 bridgehead atoms. The highest BCUT2D eigenvalue weighted by Gasteiger charge is 2.25. The number of carbonyl (C=O) groups is 1. The molecule has 1 aromatic heterocycles. The van der Waals surface area contributed by atoms with Crippen LogP contribution in [0.4, 0.5) is 6.01 Å². The molecule has 1 aliphatic rings. The molecular weight excluding hydrogens is 234 g/mol.